The summed E-state index contributed by atoms with van der Waals surface area (Å²) >= 11 is 0. The van der Waals surface area contributed by atoms with Crippen LogP contribution in [-0.2, 0) is 4.79 Å². The molecule has 2 unspecified atom stereocenters. The minimum Gasteiger partial charge on any atom is -0.354 e. The standard InChI is InChI=1S/C12H25N3O/c1-10(5-7-15(2)3)14-12(16)8-11-4-6-13-9-11/h10-11,13H,4-9H2,1-3H3,(H,14,16). The van der Waals surface area contributed by atoms with Gasteiger partial charge in [-0.15, -0.1) is 0 Å². The predicted molar refractivity (Wildman–Crippen MR) is 66.4 cm³/mol. The number of amides is 1. The van der Waals surface area contributed by atoms with Crippen molar-refractivity contribution < 1.29 is 4.79 Å². The van der Waals surface area contributed by atoms with Crippen LogP contribution >= 0.6 is 0 Å². The van der Waals surface area contributed by atoms with Crippen molar-refractivity contribution in [2.45, 2.75) is 32.2 Å². The summed E-state index contributed by atoms with van der Waals surface area (Å²) in [5.41, 5.74) is 0. The van der Waals surface area contributed by atoms with E-state index in [9.17, 15) is 4.79 Å². The lowest BCUT2D eigenvalue weighted by Gasteiger charge is -2.17. The van der Waals surface area contributed by atoms with Gasteiger partial charge in [-0.05, 0) is 59.4 Å². The monoisotopic (exact) mass is 227 g/mol. The fourth-order valence-electron chi connectivity index (χ4n) is 2.01. The third kappa shape index (κ3) is 5.47. The zero-order valence-corrected chi connectivity index (χ0v) is 10.8. The van der Waals surface area contributed by atoms with Crippen molar-refractivity contribution in [3.63, 3.8) is 0 Å². The van der Waals surface area contributed by atoms with Crippen molar-refractivity contribution in [3.05, 3.63) is 0 Å². The summed E-state index contributed by atoms with van der Waals surface area (Å²) in [5, 5.41) is 6.35. The summed E-state index contributed by atoms with van der Waals surface area (Å²) in [7, 11) is 4.11. The van der Waals surface area contributed by atoms with Crippen molar-refractivity contribution in [1.82, 2.24) is 15.5 Å². The molecule has 0 spiro atoms. The fourth-order valence-corrected chi connectivity index (χ4v) is 2.01. The Bertz CT molecular complexity index is 212. The van der Waals surface area contributed by atoms with Crippen LogP contribution in [0.4, 0.5) is 0 Å². The molecule has 0 aromatic rings. The number of nitrogens with zero attached hydrogens (tertiary/aromatic N) is 1. The van der Waals surface area contributed by atoms with Gasteiger partial charge in [0, 0.05) is 12.5 Å². The van der Waals surface area contributed by atoms with E-state index in [-0.39, 0.29) is 11.9 Å². The molecule has 1 saturated heterocycles. The van der Waals surface area contributed by atoms with E-state index in [2.05, 4.69) is 36.6 Å². The molecule has 0 saturated carbocycles. The van der Waals surface area contributed by atoms with Gasteiger partial charge in [0.05, 0.1) is 0 Å². The Morgan fingerprint density at radius 1 is 1.56 bits per heavy atom. The maximum atomic E-state index is 11.7. The van der Waals surface area contributed by atoms with Crippen LogP contribution in [0, 0.1) is 5.92 Å². The summed E-state index contributed by atoms with van der Waals surface area (Å²) in [6, 6.07) is 0.282. The molecule has 94 valence electrons. The maximum absolute atomic E-state index is 11.7. The van der Waals surface area contributed by atoms with E-state index in [0.717, 1.165) is 32.5 Å². The number of carbonyl (C=O) groups is 1. The van der Waals surface area contributed by atoms with Crippen LogP contribution in [0.2, 0.25) is 0 Å². The van der Waals surface area contributed by atoms with Gasteiger partial charge in [0.15, 0.2) is 0 Å². The van der Waals surface area contributed by atoms with E-state index in [1.807, 2.05) is 0 Å². The van der Waals surface area contributed by atoms with Crippen LogP contribution in [0.25, 0.3) is 0 Å². The van der Waals surface area contributed by atoms with Crippen LogP contribution in [-0.4, -0.2) is 50.6 Å². The summed E-state index contributed by atoms with van der Waals surface area (Å²) in [6.07, 6.45) is 2.83. The van der Waals surface area contributed by atoms with Crippen LogP contribution in [0.1, 0.15) is 26.2 Å². The lowest BCUT2D eigenvalue weighted by molar-refractivity contribution is -0.122. The quantitative estimate of drug-likeness (QED) is 0.692. The molecule has 16 heavy (non-hydrogen) atoms. The Labute approximate surface area is 98.8 Å². The lowest BCUT2D eigenvalue weighted by atomic mass is 10.0. The van der Waals surface area contributed by atoms with Crippen molar-refractivity contribution in [1.29, 1.82) is 0 Å². The van der Waals surface area contributed by atoms with E-state index >= 15 is 0 Å². The summed E-state index contributed by atoms with van der Waals surface area (Å²) in [4.78, 5) is 13.8. The highest BCUT2D eigenvalue weighted by atomic mass is 16.1. The number of nitrogens with one attached hydrogen (secondary N) is 2. The summed E-state index contributed by atoms with van der Waals surface area (Å²) in [5.74, 6) is 0.751. The molecule has 1 amide bonds. The molecular weight excluding hydrogens is 202 g/mol. The molecule has 1 heterocycles. The first-order chi connectivity index (χ1) is 7.58. The Morgan fingerprint density at radius 3 is 2.88 bits per heavy atom. The molecule has 1 aliphatic heterocycles. The van der Waals surface area contributed by atoms with Gasteiger partial charge in [0.25, 0.3) is 0 Å². The topological polar surface area (TPSA) is 44.4 Å². The first-order valence-corrected chi connectivity index (χ1v) is 6.22. The molecule has 2 N–H and O–H groups in total. The summed E-state index contributed by atoms with van der Waals surface area (Å²) in [6.45, 7) is 5.16. The van der Waals surface area contributed by atoms with Gasteiger partial charge in [-0.2, -0.15) is 0 Å². The minimum atomic E-state index is 0.208. The van der Waals surface area contributed by atoms with Gasteiger partial charge in [-0.3, -0.25) is 4.79 Å². The average molecular weight is 227 g/mol. The molecule has 0 aromatic heterocycles. The van der Waals surface area contributed by atoms with E-state index in [0.29, 0.717) is 12.3 Å². The SMILES string of the molecule is CC(CCN(C)C)NC(=O)CC1CCNC1. The van der Waals surface area contributed by atoms with Crippen LogP contribution < -0.4 is 10.6 Å². The molecule has 1 aliphatic rings. The molecule has 0 aliphatic carbocycles. The molecule has 4 heteroatoms. The molecule has 4 nitrogen and oxygen atoms in total. The highest BCUT2D eigenvalue weighted by Gasteiger charge is 2.18. The second-order valence-corrected chi connectivity index (χ2v) is 5.12. The second-order valence-electron chi connectivity index (χ2n) is 5.12. The maximum Gasteiger partial charge on any atom is 0.220 e. The van der Waals surface area contributed by atoms with Crippen molar-refractivity contribution in [3.8, 4) is 0 Å². The van der Waals surface area contributed by atoms with Crippen LogP contribution in [0.5, 0.6) is 0 Å². The van der Waals surface area contributed by atoms with Crippen LogP contribution in [0.3, 0.4) is 0 Å². The molecule has 2 atom stereocenters. The molecular formula is C12H25N3O. The van der Waals surface area contributed by atoms with Gasteiger partial charge in [0.2, 0.25) is 5.91 Å². The normalized spacial score (nSPS) is 22.4. The fraction of sp³-hybridized carbons (Fsp3) is 0.917. The average Bonchev–Trinajstić information content (AvgIpc) is 2.67. The minimum absolute atomic E-state index is 0.208. The molecule has 1 fully saturated rings. The Morgan fingerprint density at radius 2 is 2.31 bits per heavy atom. The van der Waals surface area contributed by atoms with E-state index in [1.54, 1.807) is 0 Å². The third-order valence-electron chi connectivity index (χ3n) is 3.05. The Hall–Kier alpha value is -0.610. The Balaban J connectivity index is 2.12. The predicted octanol–water partition coefficient (Wildman–Crippen LogP) is 0.442. The van der Waals surface area contributed by atoms with Crippen molar-refractivity contribution in [2.24, 2.45) is 5.92 Å². The third-order valence-corrected chi connectivity index (χ3v) is 3.05. The lowest BCUT2D eigenvalue weighted by Crippen LogP contribution is -2.35. The number of hydrogen-bond donors (Lipinski definition) is 2. The van der Waals surface area contributed by atoms with Crippen molar-refractivity contribution in [2.75, 3.05) is 33.7 Å². The van der Waals surface area contributed by atoms with E-state index in [4.69, 9.17) is 0 Å². The van der Waals surface area contributed by atoms with Crippen LogP contribution in [0.15, 0.2) is 0 Å². The number of rotatable bonds is 6. The van der Waals surface area contributed by atoms with E-state index in [1.165, 1.54) is 0 Å². The van der Waals surface area contributed by atoms with Gasteiger partial charge < -0.3 is 15.5 Å². The van der Waals surface area contributed by atoms with Gasteiger partial charge in [-0.25, -0.2) is 0 Å². The number of carbonyl (C=O) groups excluding carboxylic acids is 1. The molecule has 0 bridgehead atoms. The molecule has 0 radical (unpaired) electrons. The first-order valence-electron chi connectivity index (χ1n) is 6.22. The summed E-state index contributed by atoms with van der Waals surface area (Å²) < 4.78 is 0. The number of hydrogen-bond acceptors (Lipinski definition) is 3. The zero-order chi connectivity index (χ0) is 12.0. The van der Waals surface area contributed by atoms with E-state index < -0.39 is 0 Å². The highest BCUT2D eigenvalue weighted by molar-refractivity contribution is 5.76. The van der Waals surface area contributed by atoms with Gasteiger partial charge >= 0.3 is 0 Å². The smallest absolute Gasteiger partial charge is 0.220 e. The van der Waals surface area contributed by atoms with Gasteiger partial charge in [-0.1, -0.05) is 0 Å². The highest BCUT2D eigenvalue weighted by Crippen LogP contribution is 2.11. The van der Waals surface area contributed by atoms with Crippen molar-refractivity contribution >= 4 is 5.91 Å². The van der Waals surface area contributed by atoms with Gasteiger partial charge in [0.1, 0.15) is 0 Å². The first kappa shape index (κ1) is 13.5. The molecule has 1 rings (SSSR count). The largest absolute Gasteiger partial charge is 0.354 e. The second kappa shape index (κ2) is 6.86. The Kier molecular flexibility index (Phi) is 5.77. The molecule has 0 aromatic carbocycles. The zero-order valence-electron chi connectivity index (χ0n) is 10.8.